The van der Waals surface area contributed by atoms with E-state index in [2.05, 4.69) is 5.32 Å². The van der Waals surface area contributed by atoms with Crippen molar-refractivity contribution in [3.8, 4) is 0 Å². The number of carbonyl (C=O) groups is 1. The lowest BCUT2D eigenvalue weighted by Crippen LogP contribution is -2.48. The Balaban J connectivity index is 2.09. The molecule has 0 aliphatic carbocycles. The average Bonchev–Trinajstić information content (AvgIpc) is 2.94. The quantitative estimate of drug-likeness (QED) is 0.788. The van der Waals surface area contributed by atoms with E-state index in [1.54, 1.807) is 11.9 Å². The third-order valence-electron chi connectivity index (χ3n) is 4.45. The van der Waals surface area contributed by atoms with E-state index in [0.29, 0.717) is 13.0 Å². The first-order valence-corrected chi connectivity index (χ1v) is 8.41. The molecule has 2 fully saturated rings. The molecule has 104 valence electrons. The van der Waals surface area contributed by atoms with E-state index >= 15 is 0 Å². The minimum Gasteiger partial charge on any atom is -0.341 e. The Labute approximate surface area is 109 Å². The number of rotatable bonds is 3. The number of hydrogen-bond donors (Lipinski definition) is 1. The van der Waals surface area contributed by atoms with Gasteiger partial charge in [0.25, 0.3) is 0 Å². The van der Waals surface area contributed by atoms with Crippen LogP contribution in [0.3, 0.4) is 0 Å². The Morgan fingerprint density at radius 3 is 2.67 bits per heavy atom. The molecule has 5 nitrogen and oxygen atoms in total. The highest BCUT2D eigenvalue weighted by molar-refractivity contribution is 7.91. The lowest BCUT2D eigenvalue weighted by atomic mass is 9.82. The molecule has 0 aromatic heterocycles. The summed E-state index contributed by atoms with van der Waals surface area (Å²) < 4.78 is 23.0. The van der Waals surface area contributed by atoms with Crippen LogP contribution >= 0.6 is 0 Å². The Bertz CT molecular complexity index is 427. The van der Waals surface area contributed by atoms with Gasteiger partial charge in [0.15, 0.2) is 9.84 Å². The second-order valence-electron chi connectivity index (χ2n) is 5.53. The molecule has 2 aliphatic heterocycles. The van der Waals surface area contributed by atoms with Gasteiger partial charge in [0.1, 0.15) is 0 Å². The standard InChI is InChI=1S/C12H22N2O3S/c1-3-12(5-6-13-9-12)11(15)14(2)10-4-7-18(16,17)8-10/h10,13H,3-9H2,1-2H3. The molecule has 2 unspecified atom stereocenters. The van der Waals surface area contributed by atoms with Crippen LogP contribution in [0.5, 0.6) is 0 Å². The number of nitrogens with one attached hydrogen (secondary N) is 1. The molecule has 6 heteroatoms. The summed E-state index contributed by atoms with van der Waals surface area (Å²) in [5.74, 6) is 0.451. The van der Waals surface area contributed by atoms with Crippen LogP contribution in [-0.4, -0.2) is 56.9 Å². The average molecular weight is 274 g/mol. The third kappa shape index (κ3) is 2.40. The first-order chi connectivity index (χ1) is 8.40. The number of hydrogen-bond acceptors (Lipinski definition) is 4. The molecule has 0 aromatic rings. The zero-order valence-corrected chi connectivity index (χ0v) is 11.9. The van der Waals surface area contributed by atoms with Crippen molar-refractivity contribution in [3.63, 3.8) is 0 Å². The van der Waals surface area contributed by atoms with Gasteiger partial charge in [0.05, 0.1) is 16.9 Å². The van der Waals surface area contributed by atoms with Crippen LogP contribution in [0.4, 0.5) is 0 Å². The van der Waals surface area contributed by atoms with Gasteiger partial charge in [-0.25, -0.2) is 8.42 Å². The van der Waals surface area contributed by atoms with Gasteiger partial charge in [-0.3, -0.25) is 4.79 Å². The van der Waals surface area contributed by atoms with E-state index in [1.807, 2.05) is 6.92 Å². The normalized spacial score (nSPS) is 34.7. The maximum Gasteiger partial charge on any atom is 0.230 e. The summed E-state index contributed by atoms with van der Waals surface area (Å²) in [6, 6.07) is -0.133. The molecule has 0 radical (unpaired) electrons. The summed E-state index contributed by atoms with van der Waals surface area (Å²) in [5.41, 5.74) is -0.318. The van der Waals surface area contributed by atoms with Gasteiger partial charge in [-0.1, -0.05) is 6.92 Å². The van der Waals surface area contributed by atoms with Gasteiger partial charge in [0.2, 0.25) is 5.91 Å². The van der Waals surface area contributed by atoms with Crippen LogP contribution in [0.1, 0.15) is 26.2 Å². The van der Waals surface area contributed by atoms with E-state index in [1.165, 1.54) is 0 Å². The highest BCUT2D eigenvalue weighted by atomic mass is 32.2. The maximum atomic E-state index is 12.6. The SMILES string of the molecule is CCC1(C(=O)N(C)C2CCS(=O)(=O)C2)CCNC1. The largest absolute Gasteiger partial charge is 0.341 e. The second kappa shape index (κ2) is 4.81. The smallest absolute Gasteiger partial charge is 0.230 e. The molecular formula is C12H22N2O3S. The van der Waals surface area contributed by atoms with Crippen molar-refractivity contribution in [1.82, 2.24) is 10.2 Å². The van der Waals surface area contributed by atoms with Crippen molar-refractivity contribution in [2.45, 2.75) is 32.2 Å². The molecule has 2 saturated heterocycles. The molecule has 0 saturated carbocycles. The second-order valence-corrected chi connectivity index (χ2v) is 7.76. The van der Waals surface area contributed by atoms with E-state index in [9.17, 15) is 13.2 Å². The Morgan fingerprint density at radius 1 is 1.50 bits per heavy atom. The third-order valence-corrected chi connectivity index (χ3v) is 6.20. The van der Waals surface area contributed by atoms with E-state index in [0.717, 1.165) is 19.4 Å². The minimum atomic E-state index is -2.93. The van der Waals surface area contributed by atoms with Crippen molar-refractivity contribution in [1.29, 1.82) is 0 Å². The van der Waals surface area contributed by atoms with Crippen LogP contribution in [0, 0.1) is 5.41 Å². The number of sulfone groups is 1. The summed E-state index contributed by atoms with van der Waals surface area (Å²) in [4.78, 5) is 14.3. The molecule has 1 N–H and O–H groups in total. The van der Waals surface area contributed by atoms with Gasteiger partial charge < -0.3 is 10.2 Å². The molecule has 2 heterocycles. The fraction of sp³-hybridized carbons (Fsp3) is 0.917. The van der Waals surface area contributed by atoms with E-state index in [-0.39, 0.29) is 28.9 Å². The van der Waals surface area contributed by atoms with Crippen LogP contribution in [0.25, 0.3) is 0 Å². The zero-order valence-electron chi connectivity index (χ0n) is 11.1. The first-order valence-electron chi connectivity index (χ1n) is 6.59. The molecule has 18 heavy (non-hydrogen) atoms. The molecule has 1 amide bonds. The van der Waals surface area contributed by atoms with Crippen molar-refractivity contribution in [3.05, 3.63) is 0 Å². The molecule has 0 spiro atoms. The summed E-state index contributed by atoms with van der Waals surface area (Å²) in [6.45, 7) is 3.62. The lowest BCUT2D eigenvalue weighted by molar-refractivity contribution is -0.141. The van der Waals surface area contributed by atoms with Crippen molar-refractivity contribution < 1.29 is 13.2 Å². The molecule has 0 aromatic carbocycles. The van der Waals surface area contributed by atoms with Crippen molar-refractivity contribution in [2.75, 3.05) is 31.6 Å². The van der Waals surface area contributed by atoms with Crippen LogP contribution in [0.2, 0.25) is 0 Å². The molecule has 2 atom stereocenters. The van der Waals surface area contributed by atoms with E-state index in [4.69, 9.17) is 0 Å². The van der Waals surface area contributed by atoms with Gasteiger partial charge in [0, 0.05) is 19.6 Å². The van der Waals surface area contributed by atoms with Crippen LogP contribution < -0.4 is 5.32 Å². The maximum absolute atomic E-state index is 12.6. The fourth-order valence-corrected chi connectivity index (χ4v) is 4.77. The topological polar surface area (TPSA) is 66.5 Å². The van der Waals surface area contributed by atoms with Gasteiger partial charge in [-0.2, -0.15) is 0 Å². The monoisotopic (exact) mass is 274 g/mol. The highest BCUT2D eigenvalue weighted by Gasteiger charge is 2.44. The summed E-state index contributed by atoms with van der Waals surface area (Å²) in [6.07, 6.45) is 2.24. The van der Waals surface area contributed by atoms with Gasteiger partial charge >= 0.3 is 0 Å². The Hall–Kier alpha value is -0.620. The van der Waals surface area contributed by atoms with Crippen LogP contribution in [-0.2, 0) is 14.6 Å². The van der Waals surface area contributed by atoms with Crippen molar-refractivity contribution >= 4 is 15.7 Å². The predicted octanol–water partition coefficient (Wildman–Crippen LogP) is 0.0216. The predicted molar refractivity (Wildman–Crippen MR) is 70.0 cm³/mol. The number of amides is 1. The summed E-state index contributed by atoms with van der Waals surface area (Å²) >= 11 is 0. The highest BCUT2D eigenvalue weighted by Crippen LogP contribution is 2.33. The molecule has 2 rings (SSSR count). The fourth-order valence-electron chi connectivity index (χ4n) is 3.00. The first kappa shape index (κ1) is 13.8. The molecule has 0 bridgehead atoms. The lowest BCUT2D eigenvalue weighted by Gasteiger charge is -2.33. The number of carbonyl (C=O) groups excluding carboxylic acids is 1. The van der Waals surface area contributed by atoms with E-state index < -0.39 is 9.84 Å². The minimum absolute atomic E-state index is 0.108. The molecule has 2 aliphatic rings. The molecular weight excluding hydrogens is 252 g/mol. The number of nitrogens with zero attached hydrogens (tertiary/aromatic N) is 1. The Morgan fingerprint density at radius 2 is 2.22 bits per heavy atom. The Kier molecular flexibility index (Phi) is 3.69. The van der Waals surface area contributed by atoms with Gasteiger partial charge in [-0.05, 0) is 25.8 Å². The van der Waals surface area contributed by atoms with Gasteiger partial charge in [-0.15, -0.1) is 0 Å². The summed E-state index contributed by atoms with van der Waals surface area (Å²) in [7, 11) is -1.18. The van der Waals surface area contributed by atoms with Crippen LogP contribution in [0.15, 0.2) is 0 Å². The van der Waals surface area contributed by atoms with Crippen molar-refractivity contribution in [2.24, 2.45) is 5.41 Å². The summed E-state index contributed by atoms with van der Waals surface area (Å²) in [5, 5.41) is 3.24. The zero-order chi connectivity index (χ0) is 13.4.